The molecule has 0 aromatic heterocycles. The van der Waals surface area contributed by atoms with Crippen LogP contribution in [0.3, 0.4) is 0 Å². The number of nitrogens with zero attached hydrogens (tertiary/aromatic N) is 1. The fourth-order valence-electron chi connectivity index (χ4n) is 1.12. The molecule has 0 bridgehead atoms. The van der Waals surface area contributed by atoms with Crippen LogP contribution in [0.15, 0.2) is 12.1 Å². The SMILES string of the molecule is COc1cc(F)c(CC#N)cc1OC. The summed E-state index contributed by atoms with van der Waals surface area (Å²) in [6, 6.07) is 4.56. The molecule has 14 heavy (non-hydrogen) atoms. The van der Waals surface area contributed by atoms with Gasteiger partial charge in [-0.15, -0.1) is 0 Å². The number of hydrogen-bond acceptors (Lipinski definition) is 3. The monoisotopic (exact) mass is 195 g/mol. The molecule has 0 aliphatic carbocycles. The maximum Gasteiger partial charge on any atom is 0.163 e. The van der Waals surface area contributed by atoms with Crippen LogP contribution in [0.2, 0.25) is 0 Å². The van der Waals surface area contributed by atoms with E-state index in [1.165, 1.54) is 26.4 Å². The smallest absolute Gasteiger partial charge is 0.163 e. The Labute approximate surface area is 81.7 Å². The van der Waals surface area contributed by atoms with Crippen LogP contribution in [0.5, 0.6) is 11.5 Å². The van der Waals surface area contributed by atoms with E-state index in [1.807, 2.05) is 6.07 Å². The molecule has 0 aliphatic rings. The molecule has 0 saturated carbocycles. The van der Waals surface area contributed by atoms with Crippen molar-refractivity contribution in [3.63, 3.8) is 0 Å². The topological polar surface area (TPSA) is 42.2 Å². The van der Waals surface area contributed by atoms with Crippen molar-refractivity contribution in [3.8, 4) is 17.6 Å². The molecular weight excluding hydrogens is 185 g/mol. The second kappa shape index (κ2) is 4.47. The van der Waals surface area contributed by atoms with Gasteiger partial charge in [0.25, 0.3) is 0 Å². The maximum absolute atomic E-state index is 13.3. The van der Waals surface area contributed by atoms with Gasteiger partial charge in [0.05, 0.1) is 26.7 Å². The molecule has 3 nitrogen and oxygen atoms in total. The lowest BCUT2D eigenvalue weighted by Gasteiger charge is -2.08. The summed E-state index contributed by atoms with van der Waals surface area (Å²) >= 11 is 0. The van der Waals surface area contributed by atoms with E-state index in [4.69, 9.17) is 14.7 Å². The van der Waals surface area contributed by atoms with Crippen LogP contribution in [-0.2, 0) is 6.42 Å². The summed E-state index contributed by atoms with van der Waals surface area (Å²) in [7, 11) is 2.90. The standard InChI is InChI=1S/C10H10FNO2/c1-13-9-5-7(3-4-12)8(11)6-10(9)14-2/h5-6H,3H2,1-2H3. The zero-order valence-corrected chi connectivity index (χ0v) is 8.00. The van der Waals surface area contributed by atoms with E-state index in [-0.39, 0.29) is 6.42 Å². The van der Waals surface area contributed by atoms with E-state index < -0.39 is 5.82 Å². The highest BCUT2D eigenvalue weighted by Crippen LogP contribution is 2.29. The molecular formula is C10H10FNO2. The minimum Gasteiger partial charge on any atom is -0.493 e. The Bertz CT molecular complexity index is 371. The average molecular weight is 195 g/mol. The Morgan fingerprint density at radius 2 is 1.86 bits per heavy atom. The molecule has 1 rings (SSSR count). The first kappa shape index (κ1) is 10.3. The van der Waals surface area contributed by atoms with Crippen LogP contribution in [0, 0.1) is 17.1 Å². The second-order valence-electron chi connectivity index (χ2n) is 2.63. The van der Waals surface area contributed by atoms with Gasteiger partial charge in [0.15, 0.2) is 11.5 Å². The van der Waals surface area contributed by atoms with Gasteiger partial charge in [-0.1, -0.05) is 0 Å². The molecule has 0 radical (unpaired) electrons. The van der Waals surface area contributed by atoms with Gasteiger partial charge in [-0.05, 0) is 6.07 Å². The molecule has 4 heteroatoms. The summed E-state index contributed by atoms with van der Waals surface area (Å²) < 4.78 is 23.1. The summed E-state index contributed by atoms with van der Waals surface area (Å²) in [5.74, 6) is 0.301. The van der Waals surface area contributed by atoms with Crippen molar-refractivity contribution in [2.24, 2.45) is 0 Å². The van der Waals surface area contributed by atoms with E-state index in [2.05, 4.69) is 0 Å². The third-order valence-electron chi connectivity index (χ3n) is 1.82. The molecule has 0 aliphatic heterocycles. The fourth-order valence-corrected chi connectivity index (χ4v) is 1.12. The summed E-state index contributed by atoms with van der Waals surface area (Å²) in [6.45, 7) is 0. The Balaban J connectivity index is 3.17. The van der Waals surface area contributed by atoms with Crippen molar-refractivity contribution in [3.05, 3.63) is 23.5 Å². The van der Waals surface area contributed by atoms with Gasteiger partial charge in [0.1, 0.15) is 5.82 Å². The first-order chi connectivity index (χ1) is 6.72. The summed E-state index contributed by atoms with van der Waals surface area (Å²) in [5, 5.41) is 8.45. The van der Waals surface area contributed by atoms with Crippen molar-refractivity contribution < 1.29 is 13.9 Å². The molecule has 74 valence electrons. The minimum absolute atomic E-state index is 0.0200. The van der Waals surface area contributed by atoms with Gasteiger partial charge < -0.3 is 9.47 Å². The average Bonchev–Trinajstić information content (AvgIpc) is 2.20. The highest BCUT2D eigenvalue weighted by molar-refractivity contribution is 5.44. The summed E-state index contributed by atoms with van der Waals surface area (Å²) in [5.41, 5.74) is 0.310. The van der Waals surface area contributed by atoms with Crippen molar-refractivity contribution >= 4 is 0 Å². The van der Waals surface area contributed by atoms with Crippen molar-refractivity contribution in [1.29, 1.82) is 5.26 Å². The lowest BCUT2D eigenvalue weighted by Crippen LogP contribution is -1.95. The Kier molecular flexibility index (Phi) is 3.29. The van der Waals surface area contributed by atoms with Crippen LogP contribution in [-0.4, -0.2) is 14.2 Å². The fraction of sp³-hybridized carbons (Fsp3) is 0.300. The summed E-state index contributed by atoms with van der Waals surface area (Å²) in [6.07, 6.45) is 0.0200. The molecule has 0 heterocycles. The van der Waals surface area contributed by atoms with E-state index in [9.17, 15) is 4.39 Å². The van der Waals surface area contributed by atoms with Crippen molar-refractivity contribution in [2.45, 2.75) is 6.42 Å². The molecule has 0 N–H and O–H groups in total. The number of methoxy groups -OCH3 is 2. The number of benzene rings is 1. The number of hydrogen-bond donors (Lipinski definition) is 0. The van der Waals surface area contributed by atoms with Gasteiger partial charge in [-0.3, -0.25) is 0 Å². The van der Waals surface area contributed by atoms with E-state index in [0.717, 1.165) is 0 Å². The van der Waals surface area contributed by atoms with Crippen molar-refractivity contribution in [1.82, 2.24) is 0 Å². The minimum atomic E-state index is -0.454. The van der Waals surface area contributed by atoms with E-state index >= 15 is 0 Å². The first-order valence-corrected chi connectivity index (χ1v) is 4.00. The predicted octanol–water partition coefficient (Wildman–Crippen LogP) is 1.91. The lowest BCUT2D eigenvalue weighted by molar-refractivity contribution is 0.351. The summed E-state index contributed by atoms with van der Waals surface area (Å²) in [4.78, 5) is 0. The molecule has 0 atom stereocenters. The number of rotatable bonds is 3. The zero-order chi connectivity index (χ0) is 10.6. The maximum atomic E-state index is 13.3. The molecule has 1 aromatic rings. The third-order valence-corrected chi connectivity index (χ3v) is 1.82. The van der Waals surface area contributed by atoms with Crippen LogP contribution in [0.1, 0.15) is 5.56 Å². The largest absolute Gasteiger partial charge is 0.493 e. The number of nitriles is 1. The third kappa shape index (κ3) is 1.94. The van der Waals surface area contributed by atoms with Crippen LogP contribution < -0.4 is 9.47 Å². The number of ether oxygens (including phenoxy) is 2. The van der Waals surface area contributed by atoms with Gasteiger partial charge >= 0.3 is 0 Å². The normalized spacial score (nSPS) is 9.29. The molecule has 1 aromatic carbocycles. The van der Waals surface area contributed by atoms with Gasteiger partial charge in [0, 0.05) is 11.6 Å². The van der Waals surface area contributed by atoms with Crippen molar-refractivity contribution in [2.75, 3.05) is 14.2 Å². The van der Waals surface area contributed by atoms with Crippen LogP contribution in [0.25, 0.3) is 0 Å². The highest BCUT2D eigenvalue weighted by atomic mass is 19.1. The van der Waals surface area contributed by atoms with E-state index in [0.29, 0.717) is 17.1 Å². The van der Waals surface area contributed by atoms with Gasteiger partial charge in [-0.2, -0.15) is 5.26 Å². The Hall–Kier alpha value is -1.76. The lowest BCUT2D eigenvalue weighted by atomic mass is 10.1. The highest BCUT2D eigenvalue weighted by Gasteiger charge is 2.10. The van der Waals surface area contributed by atoms with E-state index in [1.54, 1.807) is 0 Å². The molecule has 0 spiro atoms. The molecule has 0 unspecified atom stereocenters. The second-order valence-corrected chi connectivity index (χ2v) is 2.63. The Morgan fingerprint density at radius 1 is 1.29 bits per heavy atom. The predicted molar refractivity (Wildman–Crippen MR) is 48.8 cm³/mol. The molecule has 0 amide bonds. The van der Waals surface area contributed by atoms with Gasteiger partial charge in [-0.25, -0.2) is 4.39 Å². The molecule has 0 fully saturated rings. The zero-order valence-electron chi connectivity index (χ0n) is 8.00. The van der Waals surface area contributed by atoms with Crippen LogP contribution in [0.4, 0.5) is 4.39 Å². The van der Waals surface area contributed by atoms with Crippen LogP contribution >= 0.6 is 0 Å². The quantitative estimate of drug-likeness (QED) is 0.739. The molecule has 0 saturated heterocycles. The Morgan fingerprint density at radius 3 is 2.36 bits per heavy atom. The number of halogens is 1. The first-order valence-electron chi connectivity index (χ1n) is 4.00. The van der Waals surface area contributed by atoms with Gasteiger partial charge in [0.2, 0.25) is 0 Å².